The summed E-state index contributed by atoms with van der Waals surface area (Å²) in [6.07, 6.45) is 2.88. The van der Waals surface area contributed by atoms with Gasteiger partial charge in [-0.3, -0.25) is 9.59 Å². The zero-order valence-corrected chi connectivity index (χ0v) is 14.5. The first-order chi connectivity index (χ1) is 13.6. The first kappa shape index (κ1) is 17.4. The molecule has 6 nitrogen and oxygen atoms in total. The van der Waals surface area contributed by atoms with E-state index in [0.29, 0.717) is 5.56 Å². The van der Waals surface area contributed by atoms with E-state index in [-0.39, 0.29) is 28.5 Å². The first-order valence-corrected chi connectivity index (χ1v) is 8.42. The quantitative estimate of drug-likeness (QED) is 0.562. The second-order valence-electron chi connectivity index (χ2n) is 5.92. The Bertz CT molecular complexity index is 1210. The third kappa shape index (κ3) is 3.33. The van der Waals surface area contributed by atoms with E-state index >= 15 is 0 Å². The van der Waals surface area contributed by atoms with Crippen molar-refractivity contribution in [3.8, 4) is 22.8 Å². The van der Waals surface area contributed by atoms with Gasteiger partial charge in [0.05, 0.1) is 17.3 Å². The number of benzene rings is 2. The van der Waals surface area contributed by atoms with E-state index in [9.17, 15) is 14.0 Å². The minimum absolute atomic E-state index is 0.127. The number of oxazole rings is 1. The van der Waals surface area contributed by atoms with Gasteiger partial charge in [0.25, 0.3) is 11.5 Å². The summed E-state index contributed by atoms with van der Waals surface area (Å²) in [6.45, 7) is 0. The Balaban J connectivity index is 1.69. The fourth-order valence-corrected chi connectivity index (χ4v) is 2.76. The number of aromatic nitrogens is 2. The molecule has 0 aliphatic heterocycles. The van der Waals surface area contributed by atoms with Crippen LogP contribution in [0.15, 0.2) is 82.3 Å². The average Bonchev–Trinajstić information content (AvgIpc) is 3.20. The van der Waals surface area contributed by atoms with E-state index in [2.05, 4.69) is 15.3 Å². The van der Waals surface area contributed by atoms with Gasteiger partial charge < -0.3 is 14.7 Å². The fraction of sp³-hybridized carbons (Fsp3) is 0. The molecule has 0 aliphatic carbocycles. The lowest BCUT2D eigenvalue weighted by Gasteiger charge is -2.07. The van der Waals surface area contributed by atoms with Crippen LogP contribution in [0, 0.1) is 5.82 Å². The molecule has 1 amide bonds. The monoisotopic (exact) mass is 375 g/mol. The number of amides is 1. The number of carbonyl (C=O) groups is 1. The Hall–Kier alpha value is -4.00. The summed E-state index contributed by atoms with van der Waals surface area (Å²) in [6, 6.07) is 16.0. The Labute approximate surface area is 158 Å². The molecule has 2 aromatic carbocycles. The lowest BCUT2D eigenvalue weighted by Crippen LogP contribution is -2.19. The SMILES string of the molecule is O=C(Nc1ccc[nH]c1=O)c1ccccc1-c1ncc(-c2ccccc2F)o1. The van der Waals surface area contributed by atoms with Crippen molar-refractivity contribution in [2.45, 2.75) is 0 Å². The van der Waals surface area contributed by atoms with E-state index < -0.39 is 17.3 Å². The van der Waals surface area contributed by atoms with Gasteiger partial charge in [0, 0.05) is 11.8 Å². The molecular weight excluding hydrogens is 361 g/mol. The number of hydrogen-bond donors (Lipinski definition) is 2. The van der Waals surface area contributed by atoms with Gasteiger partial charge in [-0.05, 0) is 36.4 Å². The van der Waals surface area contributed by atoms with Crippen molar-refractivity contribution in [2.24, 2.45) is 0 Å². The summed E-state index contributed by atoms with van der Waals surface area (Å²) in [5.41, 5.74) is 0.690. The molecule has 0 atom stereocenters. The van der Waals surface area contributed by atoms with Crippen molar-refractivity contribution in [1.82, 2.24) is 9.97 Å². The first-order valence-electron chi connectivity index (χ1n) is 8.42. The zero-order chi connectivity index (χ0) is 19.5. The molecule has 7 heteroatoms. The third-order valence-electron chi connectivity index (χ3n) is 4.11. The molecule has 4 rings (SSSR count). The number of aromatic amines is 1. The highest BCUT2D eigenvalue weighted by molar-refractivity contribution is 6.08. The number of hydrogen-bond acceptors (Lipinski definition) is 4. The van der Waals surface area contributed by atoms with Crippen molar-refractivity contribution in [1.29, 1.82) is 0 Å². The van der Waals surface area contributed by atoms with Crippen molar-refractivity contribution < 1.29 is 13.6 Å². The molecule has 4 aromatic rings. The Morgan fingerprint density at radius 1 is 1.00 bits per heavy atom. The molecule has 2 N–H and O–H groups in total. The van der Waals surface area contributed by atoms with Crippen LogP contribution in [0.25, 0.3) is 22.8 Å². The number of anilines is 1. The molecule has 28 heavy (non-hydrogen) atoms. The molecule has 138 valence electrons. The van der Waals surface area contributed by atoms with E-state index in [1.54, 1.807) is 48.5 Å². The molecular formula is C21H14FN3O3. The van der Waals surface area contributed by atoms with E-state index in [1.807, 2.05) is 0 Å². The molecule has 0 saturated heterocycles. The van der Waals surface area contributed by atoms with Crippen LogP contribution < -0.4 is 10.9 Å². The van der Waals surface area contributed by atoms with Gasteiger partial charge in [-0.25, -0.2) is 9.37 Å². The van der Waals surface area contributed by atoms with Gasteiger partial charge in [-0.15, -0.1) is 0 Å². The van der Waals surface area contributed by atoms with Crippen molar-refractivity contribution in [3.05, 3.63) is 94.8 Å². The lowest BCUT2D eigenvalue weighted by atomic mass is 10.1. The molecule has 0 spiro atoms. The molecule has 0 fully saturated rings. The normalized spacial score (nSPS) is 10.6. The van der Waals surface area contributed by atoms with Gasteiger partial charge in [-0.2, -0.15) is 0 Å². The van der Waals surface area contributed by atoms with E-state index in [0.717, 1.165) is 0 Å². The molecule has 0 aliphatic rings. The minimum atomic E-state index is -0.488. The maximum Gasteiger partial charge on any atom is 0.271 e. The molecule has 0 saturated carbocycles. The molecule has 2 heterocycles. The van der Waals surface area contributed by atoms with Gasteiger partial charge in [0.1, 0.15) is 11.5 Å². The van der Waals surface area contributed by atoms with Crippen LogP contribution >= 0.6 is 0 Å². The highest BCUT2D eigenvalue weighted by Gasteiger charge is 2.18. The summed E-state index contributed by atoms with van der Waals surface area (Å²) < 4.78 is 19.7. The Morgan fingerprint density at radius 2 is 1.75 bits per heavy atom. The second kappa shape index (κ2) is 7.32. The summed E-state index contributed by atoms with van der Waals surface area (Å²) in [5.74, 6) is -0.494. The maximum atomic E-state index is 14.0. The van der Waals surface area contributed by atoms with Crippen molar-refractivity contribution >= 4 is 11.6 Å². The average molecular weight is 375 g/mol. The van der Waals surface area contributed by atoms with E-state index in [4.69, 9.17) is 4.42 Å². The zero-order valence-electron chi connectivity index (χ0n) is 14.5. The summed E-state index contributed by atoms with van der Waals surface area (Å²) in [5, 5.41) is 2.57. The molecule has 0 bridgehead atoms. The van der Waals surface area contributed by atoms with Gasteiger partial charge in [-0.1, -0.05) is 24.3 Å². The molecule has 0 radical (unpaired) electrons. The van der Waals surface area contributed by atoms with Crippen molar-refractivity contribution in [2.75, 3.05) is 5.32 Å². The number of halogens is 1. The summed E-state index contributed by atoms with van der Waals surface area (Å²) in [7, 11) is 0. The van der Waals surface area contributed by atoms with Crippen LogP contribution in [0.1, 0.15) is 10.4 Å². The highest BCUT2D eigenvalue weighted by Crippen LogP contribution is 2.29. The number of H-pyrrole nitrogens is 1. The van der Waals surface area contributed by atoms with Crippen LogP contribution in [0.5, 0.6) is 0 Å². The van der Waals surface area contributed by atoms with Crippen molar-refractivity contribution in [3.63, 3.8) is 0 Å². The number of nitrogens with zero attached hydrogens (tertiary/aromatic N) is 1. The molecule has 0 unspecified atom stereocenters. The maximum absolute atomic E-state index is 14.0. The predicted molar refractivity (Wildman–Crippen MR) is 102 cm³/mol. The van der Waals surface area contributed by atoms with Crippen LogP contribution in [0.2, 0.25) is 0 Å². The highest BCUT2D eigenvalue weighted by atomic mass is 19.1. The smallest absolute Gasteiger partial charge is 0.271 e. The van der Waals surface area contributed by atoms with Crippen LogP contribution in [0.4, 0.5) is 10.1 Å². The standard InChI is InChI=1S/C21H14FN3O3/c22-16-9-4-3-8-15(16)18-12-24-21(28-18)14-7-2-1-6-13(14)19(26)25-17-10-5-11-23-20(17)27/h1-12H,(H,23,27)(H,25,26). The Morgan fingerprint density at radius 3 is 2.54 bits per heavy atom. The van der Waals surface area contributed by atoms with Crippen LogP contribution in [0.3, 0.4) is 0 Å². The fourth-order valence-electron chi connectivity index (χ4n) is 2.76. The molecule has 2 aromatic heterocycles. The van der Waals surface area contributed by atoms with Crippen LogP contribution in [-0.4, -0.2) is 15.9 Å². The van der Waals surface area contributed by atoms with Gasteiger partial charge in [0.15, 0.2) is 5.76 Å². The van der Waals surface area contributed by atoms with Gasteiger partial charge >= 0.3 is 0 Å². The van der Waals surface area contributed by atoms with E-state index in [1.165, 1.54) is 24.5 Å². The number of rotatable bonds is 4. The minimum Gasteiger partial charge on any atom is -0.436 e. The second-order valence-corrected chi connectivity index (χ2v) is 5.92. The largest absolute Gasteiger partial charge is 0.436 e. The predicted octanol–water partition coefficient (Wildman–Crippen LogP) is 4.09. The Kier molecular flexibility index (Phi) is 4.55. The number of nitrogens with one attached hydrogen (secondary N) is 2. The summed E-state index contributed by atoms with van der Waals surface area (Å²) in [4.78, 5) is 31.2. The number of pyridine rings is 1. The van der Waals surface area contributed by atoms with Gasteiger partial charge in [0.2, 0.25) is 5.89 Å². The lowest BCUT2D eigenvalue weighted by molar-refractivity contribution is 0.102. The number of carbonyl (C=O) groups excluding carboxylic acids is 1. The van der Waals surface area contributed by atoms with Crippen LogP contribution in [-0.2, 0) is 0 Å². The summed E-state index contributed by atoms with van der Waals surface area (Å²) >= 11 is 0. The topological polar surface area (TPSA) is 88.0 Å². The third-order valence-corrected chi connectivity index (χ3v) is 4.11.